The van der Waals surface area contributed by atoms with E-state index in [1.165, 1.54) is 12.1 Å². The third-order valence-electron chi connectivity index (χ3n) is 3.46. The van der Waals surface area contributed by atoms with Gasteiger partial charge in [0.15, 0.2) is 6.61 Å². The molecule has 0 aliphatic carbocycles. The molecule has 2 N–H and O–H groups in total. The number of aromatic amines is 1. The Morgan fingerprint density at radius 3 is 2.76 bits per heavy atom. The lowest BCUT2D eigenvalue weighted by Crippen LogP contribution is -2.21. The Balaban J connectivity index is 1.63. The van der Waals surface area contributed by atoms with Crippen LogP contribution in [0.2, 0.25) is 5.02 Å². The number of esters is 1. The Hall–Kier alpha value is -3.30. The summed E-state index contributed by atoms with van der Waals surface area (Å²) in [5.41, 5.74) is 1.59. The Kier molecular flexibility index (Phi) is 4.68. The summed E-state index contributed by atoms with van der Waals surface area (Å²) in [5, 5.41) is 12.8. The fraction of sp³-hybridized carbons (Fsp3) is 0.0556. The van der Waals surface area contributed by atoms with E-state index in [0.717, 1.165) is 10.9 Å². The van der Waals surface area contributed by atoms with Crippen LogP contribution in [0.5, 0.6) is 0 Å². The summed E-state index contributed by atoms with van der Waals surface area (Å²) in [7, 11) is 0. The SMILES string of the molecule is N#Cc1ccc(Cl)cc1NC(=O)COC(=O)c1cc2ccccc2[nH]1. The molecule has 25 heavy (non-hydrogen) atoms. The first-order valence-electron chi connectivity index (χ1n) is 7.31. The van der Waals surface area contributed by atoms with E-state index < -0.39 is 18.5 Å². The average Bonchev–Trinajstić information content (AvgIpc) is 3.04. The van der Waals surface area contributed by atoms with Gasteiger partial charge in [0.1, 0.15) is 11.8 Å². The number of halogens is 1. The van der Waals surface area contributed by atoms with Gasteiger partial charge in [-0.25, -0.2) is 4.79 Å². The number of anilines is 1. The molecular formula is C18H12ClN3O3. The largest absolute Gasteiger partial charge is 0.451 e. The maximum atomic E-state index is 12.0. The molecule has 0 unspecified atom stereocenters. The van der Waals surface area contributed by atoms with Crippen molar-refractivity contribution in [1.82, 2.24) is 4.98 Å². The average molecular weight is 354 g/mol. The molecule has 1 aromatic heterocycles. The van der Waals surface area contributed by atoms with Gasteiger partial charge < -0.3 is 15.0 Å². The minimum Gasteiger partial charge on any atom is -0.451 e. The number of amides is 1. The van der Waals surface area contributed by atoms with Crippen LogP contribution >= 0.6 is 11.6 Å². The van der Waals surface area contributed by atoms with Gasteiger partial charge in [-0.1, -0.05) is 29.8 Å². The summed E-state index contributed by atoms with van der Waals surface area (Å²) in [6.45, 7) is -0.481. The minimum atomic E-state index is -0.641. The van der Waals surface area contributed by atoms with Gasteiger partial charge in [-0.05, 0) is 30.3 Å². The van der Waals surface area contributed by atoms with Crippen LogP contribution in [0.25, 0.3) is 10.9 Å². The van der Waals surface area contributed by atoms with Crippen molar-refractivity contribution in [3.05, 3.63) is 64.8 Å². The van der Waals surface area contributed by atoms with Crippen LogP contribution in [-0.2, 0) is 9.53 Å². The number of aromatic nitrogens is 1. The third kappa shape index (κ3) is 3.79. The number of benzene rings is 2. The maximum Gasteiger partial charge on any atom is 0.355 e. The van der Waals surface area contributed by atoms with Gasteiger partial charge in [0.2, 0.25) is 0 Å². The highest BCUT2D eigenvalue weighted by Gasteiger charge is 2.14. The molecule has 0 aliphatic heterocycles. The molecule has 6 nitrogen and oxygen atoms in total. The van der Waals surface area contributed by atoms with Crippen molar-refractivity contribution < 1.29 is 14.3 Å². The van der Waals surface area contributed by atoms with Gasteiger partial charge in [0, 0.05) is 15.9 Å². The molecule has 3 rings (SSSR count). The van der Waals surface area contributed by atoms with Crippen molar-refractivity contribution in [2.45, 2.75) is 0 Å². The van der Waals surface area contributed by atoms with Crippen LogP contribution in [0.3, 0.4) is 0 Å². The second-order valence-corrected chi connectivity index (χ2v) is 5.63. The maximum absolute atomic E-state index is 12.0. The molecule has 0 spiro atoms. The molecule has 3 aromatic rings. The van der Waals surface area contributed by atoms with Crippen LogP contribution in [0.15, 0.2) is 48.5 Å². The molecule has 0 saturated heterocycles. The first kappa shape index (κ1) is 16.6. The van der Waals surface area contributed by atoms with E-state index >= 15 is 0 Å². The van der Waals surface area contributed by atoms with E-state index in [1.54, 1.807) is 12.1 Å². The van der Waals surface area contributed by atoms with E-state index in [4.69, 9.17) is 21.6 Å². The Bertz CT molecular complexity index is 971. The van der Waals surface area contributed by atoms with Gasteiger partial charge in [-0.2, -0.15) is 5.26 Å². The van der Waals surface area contributed by atoms with E-state index in [2.05, 4.69) is 10.3 Å². The quantitative estimate of drug-likeness (QED) is 0.702. The molecule has 0 saturated carbocycles. The number of ether oxygens (including phenoxy) is 1. The molecule has 1 amide bonds. The second-order valence-electron chi connectivity index (χ2n) is 5.20. The van der Waals surface area contributed by atoms with Crippen molar-refractivity contribution >= 4 is 40.1 Å². The van der Waals surface area contributed by atoms with Crippen LogP contribution in [0.4, 0.5) is 5.69 Å². The number of hydrogen-bond donors (Lipinski definition) is 2. The van der Waals surface area contributed by atoms with E-state index in [-0.39, 0.29) is 16.9 Å². The number of fused-ring (bicyclic) bond motifs is 1. The summed E-state index contributed by atoms with van der Waals surface area (Å²) >= 11 is 5.85. The molecule has 0 bridgehead atoms. The fourth-order valence-electron chi connectivity index (χ4n) is 2.30. The molecule has 0 aliphatic rings. The molecule has 0 radical (unpaired) electrons. The molecule has 124 valence electrons. The number of nitrogens with one attached hydrogen (secondary N) is 2. The number of carbonyl (C=O) groups excluding carboxylic acids is 2. The summed E-state index contributed by atoms with van der Waals surface area (Å²) in [4.78, 5) is 26.9. The monoisotopic (exact) mass is 353 g/mol. The van der Waals surface area contributed by atoms with Crippen molar-refractivity contribution in [2.75, 3.05) is 11.9 Å². The number of carbonyl (C=O) groups is 2. The molecule has 7 heteroatoms. The topological polar surface area (TPSA) is 95.0 Å². The highest BCUT2D eigenvalue weighted by atomic mass is 35.5. The first-order chi connectivity index (χ1) is 12.1. The zero-order chi connectivity index (χ0) is 17.8. The lowest BCUT2D eigenvalue weighted by molar-refractivity contribution is -0.119. The number of para-hydroxylation sites is 1. The van der Waals surface area contributed by atoms with Gasteiger partial charge in [0.25, 0.3) is 5.91 Å². The summed E-state index contributed by atoms with van der Waals surface area (Å²) in [5.74, 6) is -1.21. The van der Waals surface area contributed by atoms with Crippen LogP contribution in [-0.4, -0.2) is 23.5 Å². The summed E-state index contributed by atoms with van der Waals surface area (Å²) < 4.78 is 5.00. The summed E-state index contributed by atoms with van der Waals surface area (Å²) in [6, 6.07) is 15.5. The molecule has 0 atom stereocenters. The Morgan fingerprint density at radius 1 is 1.20 bits per heavy atom. The molecular weight excluding hydrogens is 342 g/mol. The van der Waals surface area contributed by atoms with Gasteiger partial charge in [0.05, 0.1) is 11.3 Å². The Morgan fingerprint density at radius 2 is 2.00 bits per heavy atom. The van der Waals surface area contributed by atoms with E-state index in [0.29, 0.717) is 5.02 Å². The van der Waals surface area contributed by atoms with Crippen molar-refractivity contribution in [2.24, 2.45) is 0 Å². The van der Waals surface area contributed by atoms with Crippen molar-refractivity contribution in [3.63, 3.8) is 0 Å². The molecule has 1 heterocycles. The zero-order valence-corrected chi connectivity index (χ0v) is 13.6. The normalized spacial score (nSPS) is 10.2. The number of nitriles is 1. The number of hydrogen-bond acceptors (Lipinski definition) is 4. The number of rotatable bonds is 4. The zero-order valence-electron chi connectivity index (χ0n) is 12.9. The van der Waals surface area contributed by atoms with Crippen molar-refractivity contribution in [1.29, 1.82) is 5.26 Å². The summed E-state index contributed by atoms with van der Waals surface area (Å²) in [6.07, 6.45) is 0. The van der Waals surface area contributed by atoms with E-state index in [9.17, 15) is 9.59 Å². The van der Waals surface area contributed by atoms with Gasteiger partial charge in [-0.15, -0.1) is 0 Å². The number of nitrogens with zero attached hydrogens (tertiary/aromatic N) is 1. The third-order valence-corrected chi connectivity index (χ3v) is 3.70. The molecule has 2 aromatic carbocycles. The van der Waals surface area contributed by atoms with Crippen LogP contribution in [0, 0.1) is 11.3 Å². The molecule has 0 fully saturated rings. The lowest BCUT2D eigenvalue weighted by Gasteiger charge is -2.08. The van der Waals surface area contributed by atoms with Crippen molar-refractivity contribution in [3.8, 4) is 6.07 Å². The predicted molar refractivity (Wildman–Crippen MR) is 93.4 cm³/mol. The standard InChI is InChI=1S/C18H12ClN3O3/c19-13-6-5-12(9-20)15(8-13)22-17(23)10-25-18(24)16-7-11-3-1-2-4-14(11)21-16/h1-8,21H,10H2,(H,22,23). The second kappa shape index (κ2) is 7.07. The van der Waals surface area contributed by atoms with Gasteiger partial charge in [-0.3, -0.25) is 4.79 Å². The first-order valence-corrected chi connectivity index (χ1v) is 7.69. The fourth-order valence-corrected chi connectivity index (χ4v) is 2.47. The lowest BCUT2D eigenvalue weighted by atomic mass is 10.2. The highest BCUT2D eigenvalue weighted by Crippen LogP contribution is 2.20. The Labute approximate surface area is 148 Å². The predicted octanol–water partition coefficient (Wildman–Crippen LogP) is 3.49. The number of H-pyrrole nitrogens is 1. The van der Waals surface area contributed by atoms with E-state index in [1.807, 2.05) is 30.3 Å². The van der Waals surface area contributed by atoms with Gasteiger partial charge >= 0.3 is 5.97 Å². The minimum absolute atomic E-state index is 0.259. The van der Waals surface area contributed by atoms with Crippen LogP contribution in [0.1, 0.15) is 16.1 Å². The smallest absolute Gasteiger partial charge is 0.355 e. The van der Waals surface area contributed by atoms with Crippen LogP contribution < -0.4 is 5.32 Å². The highest BCUT2D eigenvalue weighted by molar-refractivity contribution is 6.31.